The van der Waals surface area contributed by atoms with Crippen molar-refractivity contribution in [1.29, 1.82) is 0 Å². The van der Waals surface area contributed by atoms with E-state index in [1.165, 1.54) is 16.4 Å². The van der Waals surface area contributed by atoms with Crippen LogP contribution in [0.1, 0.15) is 21.5 Å². The lowest BCUT2D eigenvalue weighted by Gasteiger charge is -2.26. The quantitative estimate of drug-likeness (QED) is 0.373. The summed E-state index contributed by atoms with van der Waals surface area (Å²) in [7, 11) is -4.04. The predicted octanol–water partition coefficient (Wildman–Crippen LogP) is 5.06. The van der Waals surface area contributed by atoms with E-state index >= 15 is 0 Å². The number of para-hydroxylation sites is 1. The Hall–Kier alpha value is -3.68. The fraction of sp³-hybridized carbons (Fsp3) is 0.0769. The smallest absolute Gasteiger partial charge is 0.264 e. The molecule has 0 spiro atoms. The van der Waals surface area contributed by atoms with Crippen molar-refractivity contribution in [2.45, 2.75) is 18.0 Å². The monoisotopic (exact) mass is 491 g/mol. The fourth-order valence-corrected chi connectivity index (χ4v) is 5.22. The van der Waals surface area contributed by atoms with Gasteiger partial charge in [0.1, 0.15) is 0 Å². The van der Waals surface area contributed by atoms with Gasteiger partial charge >= 0.3 is 0 Å². The molecule has 172 valence electrons. The van der Waals surface area contributed by atoms with E-state index in [1.54, 1.807) is 60.9 Å². The molecule has 4 rings (SSSR count). The van der Waals surface area contributed by atoms with Gasteiger partial charge in [0.15, 0.2) is 0 Å². The zero-order valence-electron chi connectivity index (χ0n) is 18.1. The van der Waals surface area contributed by atoms with Crippen LogP contribution in [-0.4, -0.2) is 19.3 Å². The molecule has 1 aromatic heterocycles. The van der Waals surface area contributed by atoms with Crippen LogP contribution in [-0.2, 0) is 23.1 Å². The molecule has 0 aliphatic heterocycles. The molecular weight excluding hydrogens is 470 g/mol. The third kappa shape index (κ3) is 5.44. The number of hydrogen-bond donors (Lipinski definition) is 1. The number of carbonyl (C=O) groups is 1. The molecule has 0 fully saturated rings. The first-order valence-electron chi connectivity index (χ1n) is 10.5. The standard InChI is InChI=1S/C26H22ClN3O3S/c27-24-11-4-5-12-25(24)30(19-21-7-2-1-3-8-21)34(32,33)23-10-6-9-22(17-23)26(31)29-18-20-13-15-28-16-14-20/h1-17H,18-19H2,(H,29,31). The SMILES string of the molecule is O=C(NCc1ccncc1)c1cccc(S(=O)(=O)N(Cc2ccccc2)c2ccccc2Cl)c1. The minimum Gasteiger partial charge on any atom is -0.348 e. The molecule has 0 aliphatic carbocycles. The van der Waals surface area contributed by atoms with Crippen molar-refractivity contribution in [3.8, 4) is 0 Å². The summed E-state index contributed by atoms with van der Waals surface area (Å²) >= 11 is 6.39. The largest absolute Gasteiger partial charge is 0.348 e. The molecule has 4 aromatic rings. The van der Waals surface area contributed by atoms with E-state index in [0.29, 0.717) is 17.3 Å². The summed E-state index contributed by atoms with van der Waals surface area (Å²) < 4.78 is 28.8. The Balaban J connectivity index is 1.65. The van der Waals surface area contributed by atoms with E-state index in [0.717, 1.165) is 11.1 Å². The number of benzene rings is 3. The Bertz CT molecular complexity index is 1380. The zero-order valence-corrected chi connectivity index (χ0v) is 19.7. The van der Waals surface area contributed by atoms with Gasteiger partial charge < -0.3 is 5.32 Å². The number of rotatable bonds is 8. The van der Waals surface area contributed by atoms with Crippen LogP contribution in [0.25, 0.3) is 0 Å². The predicted molar refractivity (Wildman–Crippen MR) is 133 cm³/mol. The molecule has 0 radical (unpaired) electrons. The molecule has 0 unspecified atom stereocenters. The highest BCUT2D eigenvalue weighted by Crippen LogP contribution is 2.32. The number of pyridine rings is 1. The summed E-state index contributed by atoms with van der Waals surface area (Å²) in [6.45, 7) is 0.392. The second-order valence-corrected chi connectivity index (χ2v) is 9.78. The first-order chi connectivity index (χ1) is 16.4. The van der Waals surface area contributed by atoms with Crippen LogP contribution < -0.4 is 9.62 Å². The lowest BCUT2D eigenvalue weighted by atomic mass is 10.2. The van der Waals surface area contributed by atoms with Crippen LogP contribution >= 0.6 is 11.6 Å². The van der Waals surface area contributed by atoms with E-state index in [4.69, 9.17) is 11.6 Å². The first kappa shape index (κ1) is 23.5. The van der Waals surface area contributed by atoms with Gasteiger partial charge in [-0.1, -0.05) is 60.1 Å². The average molecular weight is 492 g/mol. The third-order valence-electron chi connectivity index (χ3n) is 5.18. The van der Waals surface area contributed by atoms with Crippen LogP contribution in [0, 0.1) is 0 Å². The molecule has 0 aliphatic rings. The molecule has 0 saturated heterocycles. The van der Waals surface area contributed by atoms with Crippen molar-refractivity contribution in [1.82, 2.24) is 10.3 Å². The van der Waals surface area contributed by atoms with E-state index in [9.17, 15) is 13.2 Å². The number of hydrogen-bond acceptors (Lipinski definition) is 4. The summed E-state index contributed by atoms with van der Waals surface area (Å²) in [5.74, 6) is -0.374. The second kappa shape index (κ2) is 10.5. The van der Waals surface area contributed by atoms with Crippen molar-refractivity contribution < 1.29 is 13.2 Å². The molecule has 34 heavy (non-hydrogen) atoms. The van der Waals surface area contributed by atoms with Gasteiger partial charge in [-0.25, -0.2) is 8.42 Å². The van der Waals surface area contributed by atoms with Crippen molar-refractivity contribution in [3.63, 3.8) is 0 Å². The Labute approximate surface area is 203 Å². The van der Waals surface area contributed by atoms with Gasteiger partial charge in [0.2, 0.25) is 0 Å². The Morgan fingerprint density at radius 1 is 0.853 bits per heavy atom. The number of aromatic nitrogens is 1. The van der Waals surface area contributed by atoms with Gasteiger partial charge in [-0.05, 0) is 53.6 Å². The third-order valence-corrected chi connectivity index (χ3v) is 7.25. The summed E-state index contributed by atoms with van der Waals surface area (Å²) in [6.07, 6.45) is 3.29. The molecule has 8 heteroatoms. The topological polar surface area (TPSA) is 79.4 Å². The minimum absolute atomic E-state index is 0.0000815. The lowest BCUT2D eigenvalue weighted by Crippen LogP contribution is -2.31. The summed E-state index contributed by atoms with van der Waals surface area (Å²) in [5.41, 5.74) is 2.30. The Morgan fingerprint density at radius 3 is 2.29 bits per heavy atom. The summed E-state index contributed by atoms with van der Waals surface area (Å²) in [5, 5.41) is 3.12. The van der Waals surface area contributed by atoms with Gasteiger partial charge in [-0.3, -0.25) is 14.1 Å². The van der Waals surface area contributed by atoms with Gasteiger partial charge in [0.25, 0.3) is 15.9 Å². The van der Waals surface area contributed by atoms with Crippen molar-refractivity contribution in [2.24, 2.45) is 0 Å². The molecule has 0 atom stereocenters. The van der Waals surface area contributed by atoms with E-state index in [-0.39, 0.29) is 22.9 Å². The molecular formula is C26H22ClN3O3S. The van der Waals surface area contributed by atoms with Crippen molar-refractivity contribution in [3.05, 3.63) is 125 Å². The molecule has 3 aromatic carbocycles. The molecule has 0 bridgehead atoms. The maximum absolute atomic E-state index is 13.8. The number of amides is 1. The molecule has 1 amide bonds. The second-order valence-electron chi connectivity index (χ2n) is 7.51. The number of sulfonamides is 1. The highest BCUT2D eigenvalue weighted by Gasteiger charge is 2.27. The minimum atomic E-state index is -4.04. The Morgan fingerprint density at radius 2 is 1.56 bits per heavy atom. The highest BCUT2D eigenvalue weighted by atomic mass is 35.5. The van der Waals surface area contributed by atoms with Crippen molar-refractivity contribution >= 4 is 33.2 Å². The van der Waals surface area contributed by atoms with Gasteiger partial charge in [-0.15, -0.1) is 0 Å². The first-order valence-corrected chi connectivity index (χ1v) is 12.4. The zero-order chi connectivity index (χ0) is 24.0. The number of halogens is 1. The van der Waals surface area contributed by atoms with Crippen LogP contribution in [0.3, 0.4) is 0 Å². The number of nitrogens with one attached hydrogen (secondary N) is 1. The summed E-state index contributed by atoms with van der Waals surface area (Å²) in [4.78, 5) is 16.7. The molecule has 0 saturated carbocycles. The van der Waals surface area contributed by atoms with Gasteiger partial charge in [0, 0.05) is 24.5 Å². The normalized spacial score (nSPS) is 11.1. The van der Waals surface area contributed by atoms with Crippen LogP contribution in [0.4, 0.5) is 5.69 Å². The molecule has 6 nitrogen and oxygen atoms in total. The van der Waals surface area contributed by atoms with Gasteiger partial charge in [-0.2, -0.15) is 0 Å². The lowest BCUT2D eigenvalue weighted by molar-refractivity contribution is 0.0950. The number of carbonyl (C=O) groups excluding carboxylic acids is 1. The average Bonchev–Trinajstić information content (AvgIpc) is 2.87. The maximum Gasteiger partial charge on any atom is 0.264 e. The van der Waals surface area contributed by atoms with E-state index in [2.05, 4.69) is 10.3 Å². The number of anilines is 1. The summed E-state index contributed by atoms with van der Waals surface area (Å²) in [6, 6.07) is 25.6. The number of nitrogens with zero attached hydrogens (tertiary/aromatic N) is 2. The van der Waals surface area contributed by atoms with E-state index < -0.39 is 10.0 Å². The van der Waals surface area contributed by atoms with Crippen LogP contribution in [0.2, 0.25) is 5.02 Å². The van der Waals surface area contributed by atoms with Crippen molar-refractivity contribution in [2.75, 3.05) is 4.31 Å². The highest BCUT2D eigenvalue weighted by molar-refractivity contribution is 7.92. The Kier molecular flexibility index (Phi) is 7.25. The molecule has 1 heterocycles. The maximum atomic E-state index is 13.8. The fourth-order valence-electron chi connectivity index (χ4n) is 3.41. The molecule has 1 N–H and O–H groups in total. The van der Waals surface area contributed by atoms with Gasteiger partial charge in [0.05, 0.1) is 22.2 Å². The van der Waals surface area contributed by atoms with Crippen LogP contribution in [0.5, 0.6) is 0 Å². The van der Waals surface area contributed by atoms with E-state index in [1.807, 2.05) is 30.3 Å². The van der Waals surface area contributed by atoms with Crippen LogP contribution in [0.15, 0.2) is 108 Å².